The Balaban J connectivity index is 1.53. The van der Waals surface area contributed by atoms with E-state index in [2.05, 4.69) is 10.6 Å². The van der Waals surface area contributed by atoms with Crippen molar-refractivity contribution in [3.63, 3.8) is 0 Å². The number of carbonyl (C=O) groups excluding carboxylic acids is 3. The molecule has 3 aromatic rings. The summed E-state index contributed by atoms with van der Waals surface area (Å²) in [6.07, 6.45) is -0.587. The first-order valence-corrected chi connectivity index (χ1v) is 12.8. The van der Waals surface area contributed by atoms with E-state index < -0.39 is 41.6 Å². The average molecular weight is 536 g/mol. The van der Waals surface area contributed by atoms with Gasteiger partial charge in [-0.15, -0.1) is 0 Å². The second-order valence-electron chi connectivity index (χ2n) is 9.79. The van der Waals surface area contributed by atoms with Crippen LogP contribution in [-0.2, 0) is 14.4 Å². The van der Waals surface area contributed by atoms with Crippen LogP contribution in [-0.4, -0.2) is 46.9 Å². The standard InChI is InChI=1S/C30H31F2N3O4/c1-18(33-29(38)27(36)21-15-22(31)17-23(32)16-21)28(37)34-26-24(19-9-5-3-6-10-19)13-14-25(35(2)30(26)39)20-11-7-4-8-12-20/h3-12,15-18,24-27,36H,13-14H2,1-2H3,(H,33,38)(H,34,37)/t18-,24+,25+,26-,27+/m0/s1. The third kappa shape index (κ3) is 6.49. The largest absolute Gasteiger partial charge is 0.378 e. The second kappa shape index (κ2) is 12.2. The number of likely N-dealkylation sites (tertiary alicyclic amines) is 1. The highest BCUT2D eigenvalue weighted by atomic mass is 19.1. The molecule has 1 saturated heterocycles. The van der Waals surface area contributed by atoms with Gasteiger partial charge in [-0.1, -0.05) is 60.7 Å². The molecule has 0 aromatic heterocycles. The SMILES string of the molecule is C[C@H](NC(=O)[C@H](O)c1cc(F)cc(F)c1)C(=O)N[C@@H]1C(=O)N(C)[C@@H](c2ccccc2)CC[C@@H]1c1ccccc1. The van der Waals surface area contributed by atoms with E-state index in [0.29, 0.717) is 18.9 Å². The van der Waals surface area contributed by atoms with Crippen molar-refractivity contribution >= 4 is 17.7 Å². The monoisotopic (exact) mass is 535 g/mol. The Bertz CT molecular complexity index is 1300. The van der Waals surface area contributed by atoms with Gasteiger partial charge in [0.1, 0.15) is 23.7 Å². The van der Waals surface area contributed by atoms with Gasteiger partial charge in [0.05, 0.1) is 6.04 Å². The van der Waals surface area contributed by atoms with Gasteiger partial charge in [0, 0.05) is 19.0 Å². The van der Waals surface area contributed by atoms with Crippen LogP contribution in [0.3, 0.4) is 0 Å². The highest BCUT2D eigenvalue weighted by Crippen LogP contribution is 2.37. The minimum atomic E-state index is -1.89. The van der Waals surface area contributed by atoms with Crippen LogP contribution in [0.5, 0.6) is 0 Å². The van der Waals surface area contributed by atoms with E-state index >= 15 is 0 Å². The predicted molar refractivity (Wildman–Crippen MR) is 141 cm³/mol. The summed E-state index contributed by atoms with van der Waals surface area (Å²) in [4.78, 5) is 41.2. The van der Waals surface area contributed by atoms with Gasteiger partial charge in [0.15, 0.2) is 6.10 Å². The van der Waals surface area contributed by atoms with Crippen LogP contribution < -0.4 is 10.6 Å². The molecule has 0 unspecified atom stereocenters. The average Bonchev–Trinajstić information content (AvgIpc) is 3.04. The zero-order valence-electron chi connectivity index (χ0n) is 21.7. The van der Waals surface area contributed by atoms with E-state index in [-0.39, 0.29) is 23.4 Å². The van der Waals surface area contributed by atoms with Crippen molar-refractivity contribution in [3.05, 3.63) is 107 Å². The maximum absolute atomic E-state index is 13.8. The first-order valence-electron chi connectivity index (χ1n) is 12.8. The summed E-state index contributed by atoms with van der Waals surface area (Å²) >= 11 is 0. The lowest BCUT2D eigenvalue weighted by Crippen LogP contribution is -2.54. The van der Waals surface area contributed by atoms with Crippen LogP contribution in [0.25, 0.3) is 0 Å². The van der Waals surface area contributed by atoms with Crippen molar-refractivity contribution in [3.8, 4) is 0 Å². The van der Waals surface area contributed by atoms with Crippen LogP contribution in [0.1, 0.15) is 54.5 Å². The fourth-order valence-electron chi connectivity index (χ4n) is 5.05. The second-order valence-corrected chi connectivity index (χ2v) is 9.79. The first kappa shape index (κ1) is 27.9. The molecule has 9 heteroatoms. The molecule has 0 aliphatic carbocycles. The van der Waals surface area contributed by atoms with Gasteiger partial charge >= 0.3 is 0 Å². The molecule has 7 nitrogen and oxygen atoms in total. The zero-order chi connectivity index (χ0) is 28.1. The molecule has 0 saturated carbocycles. The summed E-state index contributed by atoms with van der Waals surface area (Å²) in [5.74, 6) is -4.11. The number of amides is 3. The molecule has 3 amide bonds. The number of benzene rings is 3. The van der Waals surface area contributed by atoms with Crippen LogP contribution in [0.4, 0.5) is 8.78 Å². The Morgan fingerprint density at radius 2 is 1.46 bits per heavy atom. The molecule has 0 radical (unpaired) electrons. The number of nitrogens with one attached hydrogen (secondary N) is 2. The summed E-state index contributed by atoms with van der Waals surface area (Å²) < 4.78 is 27.1. The lowest BCUT2D eigenvalue weighted by atomic mass is 9.86. The molecule has 1 aliphatic heterocycles. The first-order chi connectivity index (χ1) is 18.7. The number of aliphatic hydroxyl groups is 1. The van der Waals surface area contributed by atoms with Gasteiger partial charge in [-0.05, 0) is 48.6 Å². The fourth-order valence-corrected chi connectivity index (χ4v) is 5.05. The van der Waals surface area contributed by atoms with Crippen molar-refractivity contribution in [2.75, 3.05) is 7.05 Å². The smallest absolute Gasteiger partial charge is 0.254 e. The molecule has 3 aromatic carbocycles. The minimum Gasteiger partial charge on any atom is -0.378 e. The van der Waals surface area contributed by atoms with Crippen molar-refractivity contribution < 1.29 is 28.3 Å². The number of hydrogen-bond acceptors (Lipinski definition) is 4. The van der Waals surface area contributed by atoms with Crippen LogP contribution in [0, 0.1) is 11.6 Å². The van der Waals surface area contributed by atoms with Gasteiger partial charge in [-0.3, -0.25) is 14.4 Å². The van der Waals surface area contributed by atoms with Gasteiger partial charge in [0.2, 0.25) is 11.8 Å². The van der Waals surface area contributed by atoms with Crippen LogP contribution in [0.2, 0.25) is 0 Å². The molecule has 1 heterocycles. The maximum atomic E-state index is 13.8. The molecule has 4 rings (SSSR count). The van der Waals surface area contributed by atoms with E-state index in [4.69, 9.17) is 0 Å². The molecular formula is C30H31F2N3O4. The fraction of sp³-hybridized carbons (Fsp3) is 0.300. The maximum Gasteiger partial charge on any atom is 0.254 e. The van der Waals surface area contributed by atoms with E-state index in [0.717, 1.165) is 23.3 Å². The Morgan fingerprint density at radius 3 is 2.05 bits per heavy atom. The number of halogens is 2. The molecule has 1 aliphatic rings. The van der Waals surface area contributed by atoms with Gasteiger partial charge in [-0.2, -0.15) is 0 Å². The number of carbonyl (C=O) groups is 3. The number of likely N-dealkylation sites (N-methyl/N-ethyl adjacent to an activating group) is 1. The number of hydrogen-bond donors (Lipinski definition) is 3. The normalized spacial score (nSPS) is 21.0. The number of rotatable bonds is 7. The highest BCUT2D eigenvalue weighted by molar-refractivity contribution is 5.93. The quantitative estimate of drug-likeness (QED) is 0.429. The Labute approximate surface area is 225 Å². The number of aliphatic hydroxyl groups excluding tert-OH is 1. The van der Waals surface area contributed by atoms with E-state index in [9.17, 15) is 28.3 Å². The van der Waals surface area contributed by atoms with Crippen molar-refractivity contribution in [1.82, 2.24) is 15.5 Å². The molecule has 5 atom stereocenters. The molecule has 204 valence electrons. The summed E-state index contributed by atoms with van der Waals surface area (Å²) in [5.41, 5.74) is 1.61. The summed E-state index contributed by atoms with van der Waals surface area (Å²) in [7, 11) is 1.71. The van der Waals surface area contributed by atoms with Crippen LogP contribution >= 0.6 is 0 Å². The Kier molecular flexibility index (Phi) is 8.71. The molecular weight excluding hydrogens is 504 g/mol. The van der Waals surface area contributed by atoms with Gasteiger partial charge in [0.25, 0.3) is 5.91 Å². The van der Waals surface area contributed by atoms with Crippen molar-refractivity contribution in [2.24, 2.45) is 0 Å². The molecule has 39 heavy (non-hydrogen) atoms. The molecule has 0 spiro atoms. The lowest BCUT2D eigenvalue weighted by molar-refractivity contribution is -0.138. The van der Waals surface area contributed by atoms with Crippen molar-refractivity contribution in [2.45, 2.75) is 49.9 Å². The summed E-state index contributed by atoms with van der Waals surface area (Å²) in [5, 5.41) is 15.5. The number of nitrogens with zero attached hydrogens (tertiary/aromatic N) is 1. The van der Waals surface area contributed by atoms with E-state index in [1.807, 2.05) is 60.7 Å². The Hall–Kier alpha value is -4.11. The summed E-state index contributed by atoms with van der Waals surface area (Å²) in [6.45, 7) is 1.40. The molecule has 3 N–H and O–H groups in total. The van der Waals surface area contributed by atoms with E-state index in [1.165, 1.54) is 6.92 Å². The zero-order valence-corrected chi connectivity index (χ0v) is 21.7. The molecule has 1 fully saturated rings. The van der Waals surface area contributed by atoms with E-state index in [1.54, 1.807) is 11.9 Å². The third-order valence-electron chi connectivity index (χ3n) is 7.15. The minimum absolute atomic E-state index is 0.175. The van der Waals surface area contributed by atoms with Crippen LogP contribution in [0.15, 0.2) is 78.9 Å². The highest BCUT2D eigenvalue weighted by Gasteiger charge is 2.40. The lowest BCUT2D eigenvalue weighted by Gasteiger charge is -2.30. The predicted octanol–water partition coefficient (Wildman–Crippen LogP) is 3.77. The summed E-state index contributed by atoms with van der Waals surface area (Å²) in [6, 6.07) is 19.2. The third-order valence-corrected chi connectivity index (χ3v) is 7.15. The topological polar surface area (TPSA) is 98.7 Å². The van der Waals surface area contributed by atoms with Crippen molar-refractivity contribution in [1.29, 1.82) is 0 Å². The van der Waals surface area contributed by atoms with Gasteiger partial charge < -0.3 is 20.6 Å². The Morgan fingerprint density at radius 1 is 0.897 bits per heavy atom. The molecule has 0 bridgehead atoms. The van der Waals surface area contributed by atoms with Gasteiger partial charge in [-0.25, -0.2) is 8.78 Å².